The topological polar surface area (TPSA) is 34.1 Å². The van der Waals surface area contributed by atoms with Crippen LogP contribution in [0.4, 0.5) is 5.82 Å². The lowest BCUT2D eigenvalue weighted by molar-refractivity contribution is 0.107. The summed E-state index contributed by atoms with van der Waals surface area (Å²) >= 11 is 5.86. The molecule has 1 aromatic carbocycles. The molecule has 1 heterocycles. The number of halogens is 1. The maximum Gasteiger partial charge on any atom is 0.126 e. The molecule has 0 saturated carbocycles. The van der Waals surface area contributed by atoms with Gasteiger partial charge in [-0.1, -0.05) is 23.7 Å². The average Bonchev–Trinajstić information content (AvgIpc) is 2.39. The maximum absolute atomic E-state index is 5.86. The molecule has 2 rings (SSSR count). The molecule has 0 aliphatic carbocycles. The van der Waals surface area contributed by atoms with Gasteiger partial charge < -0.3 is 10.1 Å². The van der Waals surface area contributed by atoms with Gasteiger partial charge >= 0.3 is 0 Å². The highest BCUT2D eigenvalue weighted by Gasteiger charge is 2.10. The number of nitrogens with zero attached hydrogens (tertiary/aromatic N) is 1. The molecule has 1 aromatic heterocycles. The highest BCUT2D eigenvalue weighted by molar-refractivity contribution is 6.30. The lowest BCUT2D eigenvalue weighted by Crippen LogP contribution is -2.26. The molecule has 1 N–H and O–H groups in total. The second-order valence-electron chi connectivity index (χ2n) is 6.04. The van der Waals surface area contributed by atoms with Gasteiger partial charge in [0.1, 0.15) is 5.82 Å². The second-order valence-corrected chi connectivity index (χ2v) is 6.48. The summed E-state index contributed by atoms with van der Waals surface area (Å²) in [7, 11) is 0. The minimum absolute atomic E-state index is 0.00418. The molecule has 0 aliphatic rings. The van der Waals surface area contributed by atoms with Crippen LogP contribution in [0, 0.1) is 0 Å². The van der Waals surface area contributed by atoms with E-state index in [0.717, 1.165) is 22.0 Å². The Balaban J connectivity index is 1.88. The number of hydrogen-bond donors (Lipinski definition) is 1. The molecule has 0 aliphatic heterocycles. The van der Waals surface area contributed by atoms with Crippen molar-refractivity contribution < 1.29 is 4.74 Å². The standard InChI is InChI=1S/C17H21ClN2O/c1-17(2,3)20-16-10-14(8-9-19-16)12-21-11-13-4-6-15(18)7-5-13/h4-10H,11-12H2,1-3H3,(H,19,20). The number of benzene rings is 1. The summed E-state index contributed by atoms with van der Waals surface area (Å²) in [6, 6.07) is 11.7. The monoisotopic (exact) mass is 304 g/mol. The smallest absolute Gasteiger partial charge is 0.126 e. The Labute approximate surface area is 131 Å². The van der Waals surface area contributed by atoms with Crippen LogP contribution in [0.3, 0.4) is 0 Å². The van der Waals surface area contributed by atoms with Crippen molar-refractivity contribution in [2.45, 2.75) is 39.5 Å². The zero-order valence-electron chi connectivity index (χ0n) is 12.7. The average molecular weight is 305 g/mol. The normalized spacial score (nSPS) is 11.4. The first kappa shape index (κ1) is 15.8. The van der Waals surface area contributed by atoms with Crippen LogP contribution in [0.1, 0.15) is 31.9 Å². The van der Waals surface area contributed by atoms with Crippen molar-refractivity contribution in [3.05, 3.63) is 58.7 Å². The minimum atomic E-state index is -0.00418. The van der Waals surface area contributed by atoms with Gasteiger partial charge in [-0.25, -0.2) is 4.98 Å². The van der Waals surface area contributed by atoms with E-state index in [9.17, 15) is 0 Å². The molecule has 0 fully saturated rings. The Morgan fingerprint density at radius 2 is 1.71 bits per heavy atom. The zero-order valence-corrected chi connectivity index (χ0v) is 13.4. The predicted octanol–water partition coefficient (Wildman–Crippen LogP) is 4.66. The van der Waals surface area contributed by atoms with E-state index in [1.807, 2.05) is 36.4 Å². The van der Waals surface area contributed by atoms with Crippen LogP contribution in [0.5, 0.6) is 0 Å². The number of anilines is 1. The van der Waals surface area contributed by atoms with Crippen LogP contribution in [-0.2, 0) is 18.0 Å². The van der Waals surface area contributed by atoms with Gasteiger partial charge in [0.2, 0.25) is 0 Å². The van der Waals surface area contributed by atoms with Crippen molar-refractivity contribution in [1.29, 1.82) is 0 Å². The second kappa shape index (κ2) is 6.92. The summed E-state index contributed by atoms with van der Waals surface area (Å²) in [6.07, 6.45) is 1.80. The third kappa shape index (κ3) is 5.74. The van der Waals surface area contributed by atoms with Crippen molar-refractivity contribution >= 4 is 17.4 Å². The fraction of sp³-hybridized carbons (Fsp3) is 0.353. The van der Waals surface area contributed by atoms with Gasteiger partial charge in [-0.05, 0) is 56.2 Å². The van der Waals surface area contributed by atoms with Gasteiger partial charge in [0.25, 0.3) is 0 Å². The molecule has 0 radical (unpaired) electrons. The predicted molar refractivity (Wildman–Crippen MR) is 87.6 cm³/mol. The van der Waals surface area contributed by atoms with Crippen LogP contribution in [0.25, 0.3) is 0 Å². The summed E-state index contributed by atoms with van der Waals surface area (Å²) in [4.78, 5) is 4.32. The van der Waals surface area contributed by atoms with Crippen molar-refractivity contribution in [3.8, 4) is 0 Å². The largest absolute Gasteiger partial charge is 0.372 e. The third-order valence-corrected chi connectivity index (χ3v) is 3.03. The van der Waals surface area contributed by atoms with Crippen molar-refractivity contribution in [2.75, 3.05) is 5.32 Å². The molecule has 3 nitrogen and oxygen atoms in total. The van der Waals surface area contributed by atoms with Crippen molar-refractivity contribution in [2.24, 2.45) is 0 Å². The Kier molecular flexibility index (Phi) is 5.21. The number of aromatic nitrogens is 1. The van der Waals surface area contributed by atoms with Crippen LogP contribution in [0.2, 0.25) is 5.02 Å². The summed E-state index contributed by atoms with van der Waals surface area (Å²) in [5.74, 6) is 0.870. The molecule has 0 spiro atoms. The zero-order chi connectivity index (χ0) is 15.3. The minimum Gasteiger partial charge on any atom is -0.372 e. The lowest BCUT2D eigenvalue weighted by Gasteiger charge is -2.21. The number of pyridine rings is 1. The van der Waals surface area contributed by atoms with E-state index >= 15 is 0 Å². The fourth-order valence-corrected chi connectivity index (χ4v) is 2.01. The molecular weight excluding hydrogens is 284 g/mol. The maximum atomic E-state index is 5.86. The van der Waals surface area contributed by atoms with E-state index in [2.05, 4.69) is 31.1 Å². The molecule has 0 saturated heterocycles. The first-order chi connectivity index (χ1) is 9.92. The van der Waals surface area contributed by atoms with Gasteiger partial charge in [-0.15, -0.1) is 0 Å². The van der Waals surface area contributed by atoms with E-state index < -0.39 is 0 Å². The van der Waals surface area contributed by atoms with Crippen molar-refractivity contribution in [1.82, 2.24) is 4.98 Å². The molecule has 0 bridgehead atoms. The molecule has 2 aromatic rings. The highest BCUT2D eigenvalue weighted by Crippen LogP contribution is 2.15. The highest BCUT2D eigenvalue weighted by atomic mass is 35.5. The van der Waals surface area contributed by atoms with E-state index in [-0.39, 0.29) is 5.54 Å². The van der Waals surface area contributed by atoms with Crippen molar-refractivity contribution in [3.63, 3.8) is 0 Å². The van der Waals surface area contributed by atoms with Crippen LogP contribution in [0.15, 0.2) is 42.6 Å². The number of rotatable bonds is 5. The number of hydrogen-bond acceptors (Lipinski definition) is 3. The Bertz CT molecular complexity index is 576. The molecular formula is C17H21ClN2O. The van der Waals surface area contributed by atoms with Crippen LogP contribution >= 0.6 is 11.6 Å². The fourth-order valence-electron chi connectivity index (χ4n) is 1.88. The van der Waals surface area contributed by atoms with Gasteiger partial charge in [0.15, 0.2) is 0 Å². The molecule has 0 atom stereocenters. The van der Waals surface area contributed by atoms with Gasteiger partial charge in [0.05, 0.1) is 13.2 Å². The molecule has 4 heteroatoms. The van der Waals surface area contributed by atoms with E-state index in [0.29, 0.717) is 13.2 Å². The molecule has 0 unspecified atom stereocenters. The Hall–Kier alpha value is -1.58. The number of nitrogens with one attached hydrogen (secondary N) is 1. The van der Waals surface area contributed by atoms with Gasteiger partial charge in [0, 0.05) is 16.8 Å². The quantitative estimate of drug-likeness (QED) is 0.872. The Morgan fingerprint density at radius 1 is 1.05 bits per heavy atom. The third-order valence-electron chi connectivity index (χ3n) is 2.78. The van der Waals surface area contributed by atoms with E-state index in [4.69, 9.17) is 16.3 Å². The first-order valence-corrected chi connectivity index (χ1v) is 7.35. The van der Waals surface area contributed by atoms with Crippen LogP contribution in [-0.4, -0.2) is 10.5 Å². The lowest BCUT2D eigenvalue weighted by atomic mass is 10.1. The SMILES string of the molecule is CC(C)(C)Nc1cc(COCc2ccc(Cl)cc2)ccn1. The first-order valence-electron chi connectivity index (χ1n) is 6.98. The molecule has 112 valence electrons. The van der Waals surface area contributed by atoms with E-state index in [1.54, 1.807) is 6.20 Å². The Morgan fingerprint density at radius 3 is 2.38 bits per heavy atom. The molecule has 0 amide bonds. The van der Waals surface area contributed by atoms with Gasteiger partial charge in [-0.2, -0.15) is 0 Å². The summed E-state index contributed by atoms with van der Waals surface area (Å²) in [5.41, 5.74) is 2.21. The number of ether oxygens (including phenoxy) is 1. The summed E-state index contributed by atoms with van der Waals surface area (Å²) in [5, 5.41) is 4.10. The van der Waals surface area contributed by atoms with E-state index in [1.165, 1.54) is 0 Å². The summed E-state index contributed by atoms with van der Waals surface area (Å²) in [6.45, 7) is 7.46. The summed E-state index contributed by atoms with van der Waals surface area (Å²) < 4.78 is 5.73. The molecule has 21 heavy (non-hydrogen) atoms. The van der Waals surface area contributed by atoms with Crippen LogP contribution < -0.4 is 5.32 Å². The van der Waals surface area contributed by atoms with Gasteiger partial charge in [-0.3, -0.25) is 0 Å².